The van der Waals surface area contributed by atoms with Crippen LogP contribution in [0.2, 0.25) is 0 Å². The summed E-state index contributed by atoms with van der Waals surface area (Å²) < 4.78 is 0. The number of carbonyl (C=O) groups excluding carboxylic acids is 1. The van der Waals surface area contributed by atoms with Gasteiger partial charge in [-0.05, 0) is 32.2 Å². The van der Waals surface area contributed by atoms with Gasteiger partial charge in [-0.3, -0.25) is 4.79 Å². The Labute approximate surface area is 103 Å². The molecule has 2 rings (SSSR count). The summed E-state index contributed by atoms with van der Waals surface area (Å²) in [6, 6.07) is -0.0289. The lowest BCUT2D eigenvalue weighted by atomic mass is 10.00. The number of hydrogen-bond donors (Lipinski definition) is 2. The second-order valence-electron chi connectivity index (χ2n) is 5.63. The van der Waals surface area contributed by atoms with E-state index in [0.717, 1.165) is 51.5 Å². The third-order valence-corrected chi connectivity index (χ3v) is 4.05. The van der Waals surface area contributed by atoms with Crippen LogP contribution in [-0.2, 0) is 4.79 Å². The monoisotopic (exact) mass is 240 g/mol. The average Bonchev–Trinajstić information content (AvgIpc) is 2.76. The molecule has 98 valence electrons. The van der Waals surface area contributed by atoms with Gasteiger partial charge in [-0.25, -0.2) is 0 Å². The van der Waals surface area contributed by atoms with Gasteiger partial charge in [-0.2, -0.15) is 0 Å². The molecule has 1 heterocycles. The molecule has 1 aliphatic carbocycles. The van der Waals surface area contributed by atoms with Crippen molar-refractivity contribution >= 4 is 5.91 Å². The molecule has 0 radical (unpaired) electrons. The molecule has 4 heteroatoms. The molecule has 1 saturated carbocycles. The molecule has 1 amide bonds. The van der Waals surface area contributed by atoms with Gasteiger partial charge < -0.3 is 15.3 Å². The Balaban J connectivity index is 1.85. The Morgan fingerprint density at radius 2 is 2.06 bits per heavy atom. The van der Waals surface area contributed by atoms with Crippen LogP contribution in [0, 0.1) is 0 Å². The summed E-state index contributed by atoms with van der Waals surface area (Å²) in [5.41, 5.74) is -0.626. The van der Waals surface area contributed by atoms with Crippen molar-refractivity contribution in [3.8, 4) is 0 Å². The predicted octanol–water partition coefficient (Wildman–Crippen LogP) is 0.892. The number of piperidine rings is 1. The Hall–Kier alpha value is -0.610. The Morgan fingerprint density at radius 1 is 1.35 bits per heavy atom. The summed E-state index contributed by atoms with van der Waals surface area (Å²) in [5, 5.41) is 13.6. The van der Waals surface area contributed by atoms with Gasteiger partial charge in [0.2, 0.25) is 5.91 Å². The van der Waals surface area contributed by atoms with Gasteiger partial charge in [0.1, 0.15) is 0 Å². The molecule has 2 fully saturated rings. The molecule has 2 N–H and O–H groups in total. The Bertz CT molecular complexity index is 269. The van der Waals surface area contributed by atoms with E-state index in [2.05, 4.69) is 5.32 Å². The van der Waals surface area contributed by atoms with E-state index in [1.807, 2.05) is 7.05 Å². The molecule has 0 spiro atoms. The van der Waals surface area contributed by atoms with E-state index in [1.54, 1.807) is 4.90 Å². The lowest BCUT2D eigenvalue weighted by Gasteiger charge is -2.32. The number of rotatable bonds is 3. The molecule has 1 saturated heterocycles. The SMILES string of the molecule is CN(CC1(O)CCCC1)C(=O)[C@H]1CCCCN1. The van der Waals surface area contributed by atoms with E-state index >= 15 is 0 Å². The van der Waals surface area contributed by atoms with Crippen molar-refractivity contribution in [3.05, 3.63) is 0 Å². The van der Waals surface area contributed by atoms with Crippen LogP contribution in [0.5, 0.6) is 0 Å². The highest BCUT2D eigenvalue weighted by atomic mass is 16.3. The highest BCUT2D eigenvalue weighted by molar-refractivity contribution is 5.81. The normalized spacial score (nSPS) is 28.0. The fourth-order valence-corrected chi connectivity index (χ4v) is 3.04. The molecule has 0 bridgehead atoms. The standard InChI is InChI=1S/C13H24N2O2/c1-15(10-13(17)7-3-4-8-13)12(16)11-6-2-5-9-14-11/h11,14,17H,2-10H2,1H3/t11-/m1/s1. The van der Waals surface area contributed by atoms with Gasteiger partial charge in [-0.15, -0.1) is 0 Å². The maximum absolute atomic E-state index is 12.2. The number of nitrogens with one attached hydrogen (secondary N) is 1. The molecule has 2 aliphatic rings. The topological polar surface area (TPSA) is 52.6 Å². The fourth-order valence-electron chi connectivity index (χ4n) is 3.04. The number of likely N-dealkylation sites (N-methyl/N-ethyl adjacent to an activating group) is 1. The van der Waals surface area contributed by atoms with Crippen LogP contribution in [0.15, 0.2) is 0 Å². The quantitative estimate of drug-likeness (QED) is 0.770. The van der Waals surface area contributed by atoms with Crippen LogP contribution in [0.4, 0.5) is 0 Å². The zero-order valence-corrected chi connectivity index (χ0v) is 10.7. The summed E-state index contributed by atoms with van der Waals surface area (Å²) in [5.74, 6) is 0.144. The van der Waals surface area contributed by atoms with E-state index in [1.165, 1.54) is 0 Å². The lowest BCUT2D eigenvalue weighted by molar-refractivity contribution is -0.136. The molecule has 0 aromatic carbocycles. The van der Waals surface area contributed by atoms with Gasteiger partial charge in [0.15, 0.2) is 0 Å². The average molecular weight is 240 g/mol. The Morgan fingerprint density at radius 3 is 2.65 bits per heavy atom. The van der Waals surface area contributed by atoms with Gasteiger partial charge in [-0.1, -0.05) is 19.3 Å². The van der Waals surface area contributed by atoms with E-state index in [9.17, 15) is 9.90 Å². The van der Waals surface area contributed by atoms with Crippen molar-refractivity contribution in [3.63, 3.8) is 0 Å². The van der Waals surface area contributed by atoms with E-state index in [4.69, 9.17) is 0 Å². The van der Waals surface area contributed by atoms with Gasteiger partial charge in [0, 0.05) is 13.6 Å². The van der Waals surface area contributed by atoms with Crippen LogP contribution < -0.4 is 5.32 Å². The summed E-state index contributed by atoms with van der Waals surface area (Å²) in [6.07, 6.45) is 7.06. The van der Waals surface area contributed by atoms with Crippen LogP contribution in [0.25, 0.3) is 0 Å². The minimum atomic E-state index is -0.626. The molecule has 4 nitrogen and oxygen atoms in total. The predicted molar refractivity (Wildman–Crippen MR) is 66.7 cm³/mol. The molecule has 0 aromatic rings. The second kappa shape index (κ2) is 5.36. The van der Waals surface area contributed by atoms with E-state index in [0.29, 0.717) is 6.54 Å². The summed E-state index contributed by atoms with van der Waals surface area (Å²) >= 11 is 0. The first-order valence-electron chi connectivity index (χ1n) is 6.81. The first-order chi connectivity index (χ1) is 8.11. The minimum Gasteiger partial charge on any atom is -0.388 e. The van der Waals surface area contributed by atoms with E-state index < -0.39 is 5.60 Å². The summed E-state index contributed by atoms with van der Waals surface area (Å²) in [7, 11) is 1.81. The van der Waals surface area contributed by atoms with Crippen molar-refractivity contribution in [2.45, 2.75) is 56.6 Å². The number of carbonyl (C=O) groups is 1. The van der Waals surface area contributed by atoms with E-state index in [-0.39, 0.29) is 11.9 Å². The number of nitrogens with zero attached hydrogens (tertiary/aromatic N) is 1. The van der Waals surface area contributed by atoms with Crippen LogP contribution >= 0.6 is 0 Å². The highest BCUT2D eigenvalue weighted by Crippen LogP contribution is 2.30. The molecule has 0 unspecified atom stereocenters. The van der Waals surface area contributed by atoms with Crippen molar-refractivity contribution in [2.24, 2.45) is 0 Å². The number of hydrogen-bond acceptors (Lipinski definition) is 3. The first-order valence-corrected chi connectivity index (χ1v) is 6.81. The third-order valence-electron chi connectivity index (χ3n) is 4.05. The van der Waals surface area contributed by atoms with Gasteiger partial charge in [0.05, 0.1) is 11.6 Å². The molecular formula is C13H24N2O2. The van der Waals surface area contributed by atoms with Crippen molar-refractivity contribution in [1.29, 1.82) is 0 Å². The maximum atomic E-state index is 12.2. The smallest absolute Gasteiger partial charge is 0.239 e. The maximum Gasteiger partial charge on any atom is 0.239 e. The third kappa shape index (κ3) is 3.19. The molecule has 1 aliphatic heterocycles. The highest BCUT2D eigenvalue weighted by Gasteiger charge is 2.34. The largest absolute Gasteiger partial charge is 0.388 e. The molecule has 17 heavy (non-hydrogen) atoms. The molecule has 1 atom stereocenters. The zero-order chi connectivity index (χ0) is 12.3. The fraction of sp³-hybridized carbons (Fsp3) is 0.923. The molecular weight excluding hydrogens is 216 g/mol. The van der Waals surface area contributed by atoms with Crippen LogP contribution in [0.3, 0.4) is 0 Å². The van der Waals surface area contributed by atoms with Crippen molar-refractivity contribution in [1.82, 2.24) is 10.2 Å². The minimum absolute atomic E-state index is 0.0289. The number of amides is 1. The summed E-state index contributed by atoms with van der Waals surface area (Å²) in [6.45, 7) is 1.43. The van der Waals surface area contributed by atoms with Crippen molar-refractivity contribution < 1.29 is 9.90 Å². The summed E-state index contributed by atoms with van der Waals surface area (Å²) in [4.78, 5) is 13.9. The van der Waals surface area contributed by atoms with Gasteiger partial charge >= 0.3 is 0 Å². The Kier molecular flexibility index (Phi) is 4.05. The second-order valence-corrected chi connectivity index (χ2v) is 5.63. The number of aliphatic hydroxyl groups is 1. The first kappa shape index (κ1) is 12.8. The lowest BCUT2D eigenvalue weighted by Crippen LogP contribution is -2.51. The van der Waals surface area contributed by atoms with Crippen molar-refractivity contribution in [2.75, 3.05) is 20.1 Å². The van der Waals surface area contributed by atoms with Crippen LogP contribution in [0.1, 0.15) is 44.9 Å². The van der Waals surface area contributed by atoms with Crippen LogP contribution in [-0.4, -0.2) is 47.7 Å². The zero-order valence-electron chi connectivity index (χ0n) is 10.7. The molecule has 0 aromatic heterocycles. The van der Waals surface area contributed by atoms with Gasteiger partial charge in [0.25, 0.3) is 0 Å².